The molecule has 0 N–H and O–H groups in total. The van der Waals surface area contributed by atoms with Gasteiger partial charge in [-0.1, -0.05) is 36.4 Å². The Kier molecular flexibility index (Phi) is 5.03. The molecule has 7 heteroatoms. The van der Waals surface area contributed by atoms with Crippen molar-refractivity contribution in [3.05, 3.63) is 94.6 Å². The molecule has 4 aromatic rings. The number of pyridine rings is 1. The summed E-state index contributed by atoms with van der Waals surface area (Å²) in [5.74, 6) is -1.43. The summed E-state index contributed by atoms with van der Waals surface area (Å²) in [4.78, 5) is 43.9. The van der Waals surface area contributed by atoms with Gasteiger partial charge in [-0.25, -0.2) is 9.37 Å². The minimum absolute atomic E-state index is 0.237. The third kappa shape index (κ3) is 3.56. The first-order chi connectivity index (χ1) is 15.5. The predicted molar refractivity (Wildman–Crippen MR) is 123 cm³/mol. The highest BCUT2D eigenvalue weighted by Crippen LogP contribution is 2.35. The second kappa shape index (κ2) is 8.01. The summed E-state index contributed by atoms with van der Waals surface area (Å²) in [6.45, 7) is -0.397. The number of carbonyl (C=O) groups excluding carboxylic acids is 3. The van der Waals surface area contributed by atoms with Crippen molar-refractivity contribution in [1.82, 2.24) is 9.88 Å². The Balaban J connectivity index is 1.52. The molecule has 0 bridgehead atoms. The standard InChI is InChI=1S/C25H15FN2O3S/c26-16-11-9-15(10-12-16)22(29)14-28-24(30)23(32-25(28)31)13-19-17-5-1-3-7-20(17)27-21-8-4-2-6-18(19)21/h1-13H,14H2. The van der Waals surface area contributed by atoms with E-state index in [-0.39, 0.29) is 10.5 Å². The molecule has 0 atom stereocenters. The van der Waals surface area contributed by atoms with Gasteiger partial charge in [0.05, 0.1) is 22.5 Å². The Morgan fingerprint density at radius 2 is 1.50 bits per heavy atom. The summed E-state index contributed by atoms with van der Waals surface area (Å²) in [6, 6.07) is 20.2. The third-order valence-electron chi connectivity index (χ3n) is 5.25. The van der Waals surface area contributed by atoms with Gasteiger partial charge in [0.25, 0.3) is 11.1 Å². The molecule has 156 valence electrons. The number of para-hydroxylation sites is 2. The molecule has 1 saturated heterocycles. The van der Waals surface area contributed by atoms with Crippen molar-refractivity contribution in [3.8, 4) is 0 Å². The Morgan fingerprint density at radius 1 is 0.906 bits per heavy atom. The largest absolute Gasteiger partial charge is 0.293 e. The van der Waals surface area contributed by atoms with Crippen molar-refractivity contribution in [2.24, 2.45) is 0 Å². The van der Waals surface area contributed by atoms with Crippen molar-refractivity contribution >= 4 is 56.6 Å². The van der Waals surface area contributed by atoms with Crippen molar-refractivity contribution in [1.29, 1.82) is 0 Å². The minimum Gasteiger partial charge on any atom is -0.292 e. The monoisotopic (exact) mass is 442 g/mol. The van der Waals surface area contributed by atoms with Crippen molar-refractivity contribution in [2.75, 3.05) is 6.54 Å². The number of imide groups is 1. The molecule has 1 aromatic heterocycles. The summed E-state index contributed by atoms with van der Waals surface area (Å²) < 4.78 is 13.1. The van der Waals surface area contributed by atoms with E-state index in [4.69, 9.17) is 0 Å². The van der Waals surface area contributed by atoms with Crippen LogP contribution < -0.4 is 0 Å². The molecule has 0 spiro atoms. The van der Waals surface area contributed by atoms with Crippen LogP contribution in [-0.4, -0.2) is 33.4 Å². The molecule has 5 nitrogen and oxygen atoms in total. The highest BCUT2D eigenvalue weighted by Gasteiger charge is 2.36. The number of Topliss-reactive ketones (excluding diaryl/α,β-unsaturated/α-hetero) is 1. The lowest BCUT2D eigenvalue weighted by atomic mass is 10.0. The van der Waals surface area contributed by atoms with Crippen LogP contribution in [0.3, 0.4) is 0 Å². The second-order valence-electron chi connectivity index (χ2n) is 7.26. The van der Waals surface area contributed by atoms with Crippen LogP contribution in [-0.2, 0) is 4.79 Å². The van der Waals surface area contributed by atoms with Crippen LogP contribution in [0.4, 0.5) is 9.18 Å². The number of aromatic nitrogens is 1. The van der Waals surface area contributed by atoms with Crippen molar-refractivity contribution in [2.45, 2.75) is 0 Å². The van der Waals surface area contributed by atoms with Gasteiger partial charge in [0.1, 0.15) is 5.82 Å². The lowest BCUT2D eigenvalue weighted by Crippen LogP contribution is -2.33. The maximum atomic E-state index is 13.1. The van der Waals surface area contributed by atoms with Crippen LogP contribution in [0.15, 0.2) is 77.7 Å². The van der Waals surface area contributed by atoms with E-state index in [1.165, 1.54) is 24.3 Å². The van der Waals surface area contributed by atoms with Crippen LogP contribution in [0.25, 0.3) is 27.9 Å². The smallest absolute Gasteiger partial charge is 0.292 e. The van der Waals surface area contributed by atoms with E-state index < -0.39 is 29.3 Å². The summed E-state index contributed by atoms with van der Waals surface area (Å²) in [6.07, 6.45) is 1.69. The minimum atomic E-state index is -0.527. The second-order valence-corrected chi connectivity index (χ2v) is 8.25. The molecular formula is C25H15FN2O3S. The average Bonchev–Trinajstić information content (AvgIpc) is 3.06. The van der Waals surface area contributed by atoms with Crippen molar-refractivity contribution < 1.29 is 18.8 Å². The van der Waals surface area contributed by atoms with E-state index in [0.29, 0.717) is 0 Å². The van der Waals surface area contributed by atoms with Crippen LogP contribution in [0.2, 0.25) is 0 Å². The Morgan fingerprint density at radius 3 is 2.12 bits per heavy atom. The number of halogens is 1. The van der Waals surface area contributed by atoms with Gasteiger partial charge in [0.15, 0.2) is 5.78 Å². The van der Waals surface area contributed by atoms with Gasteiger partial charge >= 0.3 is 0 Å². The fourth-order valence-corrected chi connectivity index (χ4v) is 4.49. The van der Waals surface area contributed by atoms with E-state index in [9.17, 15) is 18.8 Å². The van der Waals surface area contributed by atoms with Crippen LogP contribution >= 0.6 is 11.8 Å². The van der Waals surface area contributed by atoms with Gasteiger partial charge in [0.2, 0.25) is 0 Å². The molecule has 32 heavy (non-hydrogen) atoms. The van der Waals surface area contributed by atoms with Gasteiger partial charge in [-0.3, -0.25) is 19.3 Å². The molecule has 1 fully saturated rings. The van der Waals surface area contributed by atoms with E-state index >= 15 is 0 Å². The van der Waals surface area contributed by atoms with E-state index in [2.05, 4.69) is 4.98 Å². The van der Waals surface area contributed by atoms with Crippen LogP contribution in [0.5, 0.6) is 0 Å². The molecule has 0 radical (unpaired) electrons. The van der Waals surface area contributed by atoms with E-state index in [1.807, 2.05) is 48.5 Å². The summed E-state index contributed by atoms with van der Waals surface area (Å²) in [5, 5.41) is 1.21. The third-order valence-corrected chi connectivity index (χ3v) is 6.15. The van der Waals surface area contributed by atoms with Crippen LogP contribution in [0.1, 0.15) is 15.9 Å². The molecule has 0 unspecified atom stereocenters. The first-order valence-electron chi connectivity index (χ1n) is 9.83. The maximum Gasteiger partial charge on any atom is 0.293 e. The van der Waals surface area contributed by atoms with Crippen molar-refractivity contribution in [3.63, 3.8) is 0 Å². The predicted octanol–water partition coefficient (Wildman–Crippen LogP) is 5.45. The van der Waals surface area contributed by atoms with Crippen LogP contribution in [0, 0.1) is 5.82 Å². The quantitative estimate of drug-likeness (QED) is 0.239. The highest BCUT2D eigenvalue weighted by atomic mass is 32.2. The Labute approximate surface area is 186 Å². The normalized spacial score (nSPS) is 15.3. The van der Waals surface area contributed by atoms with Gasteiger partial charge in [-0.2, -0.15) is 0 Å². The number of carbonyl (C=O) groups is 3. The number of hydrogen-bond donors (Lipinski definition) is 0. The molecular weight excluding hydrogens is 427 g/mol. The number of fused-ring (bicyclic) bond motifs is 2. The lowest BCUT2D eigenvalue weighted by Gasteiger charge is -2.11. The fraction of sp³-hybridized carbons (Fsp3) is 0.0400. The lowest BCUT2D eigenvalue weighted by molar-refractivity contribution is -0.122. The number of ketones is 1. The number of nitrogens with zero attached hydrogens (tertiary/aromatic N) is 2. The Hall–Kier alpha value is -3.84. The SMILES string of the molecule is O=C(CN1C(=O)SC(=Cc2c3ccccc3nc3ccccc23)C1=O)c1ccc(F)cc1. The van der Waals surface area contributed by atoms with E-state index in [0.717, 1.165) is 44.0 Å². The molecule has 1 aliphatic rings. The topological polar surface area (TPSA) is 67.3 Å². The first kappa shape index (κ1) is 20.1. The number of benzene rings is 3. The van der Waals surface area contributed by atoms with E-state index in [1.54, 1.807) is 6.08 Å². The zero-order chi connectivity index (χ0) is 22.2. The number of amides is 2. The molecule has 2 amide bonds. The molecule has 2 heterocycles. The average molecular weight is 442 g/mol. The highest BCUT2D eigenvalue weighted by molar-refractivity contribution is 8.18. The number of rotatable bonds is 4. The number of hydrogen-bond acceptors (Lipinski definition) is 5. The number of thioether (sulfide) groups is 1. The molecule has 1 aliphatic heterocycles. The molecule has 0 saturated carbocycles. The van der Waals surface area contributed by atoms with Gasteiger partial charge in [0, 0.05) is 16.3 Å². The van der Waals surface area contributed by atoms with Gasteiger partial charge < -0.3 is 0 Å². The summed E-state index contributed by atoms with van der Waals surface area (Å²) in [5.41, 5.74) is 2.59. The Bertz CT molecular complexity index is 1390. The summed E-state index contributed by atoms with van der Waals surface area (Å²) >= 11 is 0.799. The fourth-order valence-electron chi connectivity index (χ4n) is 3.67. The first-order valence-corrected chi connectivity index (χ1v) is 10.6. The molecule has 0 aliphatic carbocycles. The maximum absolute atomic E-state index is 13.1. The van der Waals surface area contributed by atoms with Gasteiger partial charge in [-0.15, -0.1) is 0 Å². The molecule has 5 rings (SSSR count). The zero-order valence-electron chi connectivity index (χ0n) is 16.6. The summed E-state index contributed by atoms with van der Waals surface area (Å²) in [7, 11) is 0. The van der Waals surface area contributed by atoms with Gasteiger partial charge in [-0.05, 0) is 59.8 Å². The zero-order valence-corrected chi connectivity index (χ0v) is 17.4. The molecule has 3 aromatic carbocycles.